The lowest BCUT2D eigenvalue weighted by atomic mass is 10.1. The Bertz CT molecular complexity index is 601. The smallest absolute Gasteiger partial charge is 0.374 e. The standard InChI is InChI=1S/C13H12N2O4/c1-2-8-3-5-9(6-4-8)14-12(16)10-7-11(13(17)18)19-15-10/h3-7H,2H2,1H3,(H,14,16)(H,17,18). The van der Waals surface area contributed by atoms with Gasteiger partial charge in [0.25, 0.3) is 5.91 Å². The molecule has 0 aliphatic heterocycles. The summed E-state index contributed by atoms with van der Waals surface area (Å²) in [6.07, 6.45) is 0.916. The number of carbonyl (C=O) groups excluding carboxylic acids is 1. The summed E-state index contributed by atoms with van der Waals surface area (Å²) in [4.78, 5) is 22.4. The molecule has 0 atom stereocenters. The Hall–Kier alpha value is -2.63. The average Bonchev–Trinajstić information content (AvgIpc) is 2.89. The van der Waals surface area contributed by atoms with Crippen molar-refractivity contribution >= 4 is 17.6 Å². The molecular formula is C13H12N2O4. The number of rotatable bonds is 4. The monoisotopic (exact) mass is 260 g/mol. The number of carboxylic acids is 1. The Morgan fingerprint density at radius 3 is 2.53 bits per heavy atom. The Balaban J connectivity index is 2.08. The second-order valence-electron chi connectivity index (χ2n) is 3.89. The summed E-state index contributed by atoms with van der Waals surface area (Å²) < 4.78 is 4.51. The Morgan fingerprint density at radius 1 is 1.32 bits per heavy atom. The van der Waals surface area contributed by atoms with Crippen molar-refractivity contribution < 1.29 is 19.2 Å². The molecule has 0 aliphatic rings. The third-order valence-electron chi connectivity index (χ3n) is 2.57. The number of hydrogen-bond acceptors (Lipinski definition) is 4. The predicted molar refractivity (Wildman–Crippen MR) is 67.2 cm³/mol. The zero-order valence-electron chi connectivity index (χ0n) is 10.2. The molecule has 2 aromatic rings. The lowest BCUT2D eigenvalue weighted by Gasteiger charge is -2.03. The van der Waals surface area contributed by atoms with Gasteiger partial charge in [-0.1, -0.05) is 24.2 Å². The van der Waals surface area contributed by atoms with Gasteiger partial charge in [0.1, 0.15) is 0 Å². The van der Waals surface area contributed by atoms with Crippen LogP contribution in [-0.2, 0) is 6.42 Å². The zero-order chi connectivity index (χ0) is 13.8. The first kappa shape index (κ1) is 12.8. The lowest BCUT2D eigenvalue weighted by molar-refractivity contribution is 0.0651. The summed E-state index contributed by atoms with van der Waals surface area (Å²) in [5.41, 5.74) is 1.70. The number of nitrogens with zero attached hydrogens (tertiary/aromatic N) is 1. The van der Waals surface area contributed by atoms with Gasteiger partial charge in [-0.25, -0.2) is 4.79 Å². The van der Waals surface area contributed by atoms with Crippen molar-refractivity contribution in [3.05, 3.63) is 47.3 Å². The summed E-state index contributed by atoms with van der Waals surface area (Å²) in [5, 5.41) is 14.7. The summed E-state index contributed by atoms with van der Waals surface area (Å²) in [6.45, 7) is 2.04. The number of nitrogens with one attached hydrogen (secondary N) is 1. The SMILES string of the molecule is CCc1ccc(NC(=O)c2cc(C(=O)O)on2)cc1. The average molecular weight is 260 g/mol. The van der Waals surface area contributed by atoms with Gasteiger partial charge in [-0.05, 0) is 24.1 Å². The van der Waals surface area contributed by atoms with E-state index in [1.165, 1.54) is 0 Å². The second kappa shape index (κ2) is 5.34. The molecule has 98 valence electrons. The van der Waals surface area contributed by atoms with Crippen molar-refractivity contribution in [3.63, 3.8) is 0 Å². The maximum Gasteiger partial charge on any atom is 0.374 e. The number of carbonyl (C=O) groups is 2. The Labute approximate surface area is 109 Å². The Morgan fingerprint density at radius 2 is 2.00 bits per heavy atom. The highest BCUT2D eigenvalue weighted by Crippen LogP contribution is 2.12. The van der Waals surface area contributed by atoms with Gasteiger partial charge in [-0.3, -0.25) is 4.79 Å². The minimum Gasteiger partial charge on any atom is -0.475 e. The molecule has 1 aromatic carbocycles. The molecule has 6 heteroatoms. The maximum atomic E-state index is 11.8. The van der Waals surface area contributed by atoms with Crippen LogP contribution in [0, 0.1) is 0 Å². The van der Waals surface area contributed by atoms with E-state index in [9.17, 15) is 9.59 Å². The molecule has 0 saturated heterocycles. The minimum absolute atomic E-state index is 0.0723. The van der Waals surface area contributed by atoms with Crippen LogP contribution in [0.2, 0.25) is 0 Å². The van der Waals surface area contributed by atoms with Crippen LogP contribution in [0.15, 0.2) is 34.9 Å². The van der Waals surface area contributed by atoms with E-state index in [0.29, 0.717) is 5.69 Å². The molecule has 19 heavy (non-hydrogen) atoms. The van der Waals surface area contributed by atoms with E-state index in [-0.39, 0.29) is 11.5 Å². The molecule has 1 amide bonds. The minimum atomic E-state index is -1.26. The van der Waals surface area contributed by atoms with E-state index >= 15 is 0 Å². The van der Waals surface area contributed by atoms with Crippen molar-refractivity contribution in [2.24, 2.45) is 0 Å². The fraction of sp³-hybridized carbons (Fsp3) is 0.154. The number of carboxylic acid groups (broad SMARTS) is 1. The van der Waals surface area contributed by atoms with Crippen LogP contribution in [0.1, 0.15) is 33.5 Å². The van der Waals surface area contributed by atoms with Crippen molar-refractivity contribution in [2.75, 3.05) is 5.32 Å². The van der Waals surface area contributed by atoms with Crippen molar-refractivity contribution in [1.29, 1.82) is 0 Å². The molecule has 6 nitrogen and oxygen atoms in total. The predicted octanol–water partition coefficient (Wildman–Crippen LogP) is 2.19. The first-order valence-electron chi connectivity index (χ1n) is 5.70. The van der Waals surface area contributed by atoms with E-state index in [0.717, 1.165) is 18.1 Å². The fourth-order valence-electron chi connectivity index (χ4n) is 1.50. The van der Waals surface area contributed by atoms with Crippen LogP contribution in [0.4, 0.5) is 5.69 Å². The van der Waals surface area contributed by atoms with Gasteiger partial charge in [0.15, 0.2) is 5.69 Å². The zero-order valence-corrected chi connectivity index (χ0v) is 10.2. The van der Waals surface area contributed by atoms with Gasteiger partial charge in [0, 0.05) is 11.8 Å². The van der Waals surface area contributed by atoms with Crippen LogP contribution >= 0.6 is 0 Å². The molecule has 0 aliphatic carbocycles. The normalized spacial score (nSPS) is 10.2. The highest BCUT2D eigenvalue weighted by molar-refractivity contribution is 6.03. The van der Waals surface area contributed by atoms with Crippen LogP contribution in [0.3, 0.4) is 0 Å². The highest BCUT2D eigenvalue weighted by atomic mass is 16.5. The summed E-state index contributed by atoms with van der Waals surface area (Å²) in [6, 6.07) is 8.43. The van der Waals surface area contributed by atoms with Crippen molar-refractivity contribution in [1.82, 2.24) is 5.16 Å². The van der Waals surface area contributed by atoms with Crippen LogP contribution in [0.25, 0.3) is 0 Å². The largest absolute Gasteiger partial charge is 0.475 e. The first-order valence-corrected chi connectivity index (χ1v) is 5.70. The lowest BCUT2D eigenvalue weighted by Crippen LogP contribution is -2.12. The van der Waals surface area contributed by atoms with Gasteiger partial charge in [-0.2, -0.15) is 0 Å². The van der Waals surface area contributed by atoms with E-state index in [1.807, 2.05) is 19.1 Å². The molecule has 2 rings (SSSR count). The molecule has 0 spiro atoms. The van der Waals surface area contributed by atoms with Gasteiger partial charge in [0.2, 0.25) is 5.76 Å². The number of benzene rings is 1. The van der Waals surface area contributed by atoms with Gasteiger partial charge >= 0.3 is 5.97 Å². The maximum absolute atomic E-state index is 11.8. The fourth-order valence-corrected chi connectivity index (χ4v) is 1.50. The third-order valence-corrected chi connectivity index (χ3v) is 2.57. The quantitative estimate of drug-likeness (QED) is 0.879. The molecule has 0 saturated carbocycles. The van der Waals surface area contributed by atoms with E-state index in [4.69, 9.17) is 5.11 Å². The highest BCUT2D eigenvalue weighted by Gasteiger charge is 2.16. The van der Waals surface area contributed by atoms with Gasteiger partial charge in [-0.15, -0.1) is 0 Å². The topological polar surface area (TPSA) is 92.4 Å². The van der Waals surface area contributed by atoms with Crippen molar-refractivity contribution in [3.8, 4) is 0 Å². The van der Waals surface area contributed by atoms with Crippen LogP contribution in [0.5, 0.6) is 0 Å². The molecule has 0 bridgehead atoms. The number of aromatic carboxylic acids is 1. The van der Waals surface area contributed by atoms with E-state index in [1.54, 1.807) is 12.1 Å². The number of hydrogen-bond donors (Lipinski definition) is 2. The number of anilines is 1. The molecule has 0 fully saturated rings. The summed E-state index contributed by atoms with van der Waals surface area (Å²) >= 11 is 0. The number of aromatic nitrogens is 1. The third kappa shape index (κ3) is 2.98. The van der Waals surface area contributed by atoms with E-state index < -0.39 is 11.9 Å². The molecule has 1 aromatic heterocycles. The van der Waals surface area contributed by atoms with Crippen LogP contribution < -0.4 is 5.32 Å². The molecule has 0 unspecified atom stereocenters. The van der Waals surface area contributed by atoms with Crippen LogP contribution in [-0.4, -0.2) is 22.1 Å². The summed E-state index contributed by atoms with van der Waals surface area (Å²) in [5.74, 6) is -2.15. The van der Waals surface area contributed by atoms with Gasteiger partial charge in [0.05, 0.1) is 0 Å². The molecule has 1 heterocycles. The Kier molecular flexibility index (Phi) is 3.61. The second-order valence-corrected chi connectivity index (χ2v) is 3.89. The van der Waals surface area contributed by atoms with Crippen molar-refractivity contribution in [2.45, 2.75) is 13.3 Å². The number of amides is 1. The van der Waals surface area contributed by atoms with E-state index in [2.05, 4.69) is 15.0 Å². The number of aryl methyl sites for hydroxylation is 1. The molecular weight excluding hydrogens is 248 g/mol. The molecule has 2 N–H and O–H groups in total. The summed E-state index contributed by atoms with van der Waals surface area (Å²) in [7, 11) is 0. The molecule has 0 radical (unpaired) electrons. The first-order chi connectivity index (χ1) is 9.10. The van der Waals surface area contributed by atoms with Gasteiger partial charge < -0.3 is 14.9 Å².